The van der Waals surface area contributed by atoms with E-state index in [-0.39, 0.29) is 11.3 Å². The van der Waals surface area contributed by atoms with Crippen LogP contribution in [0.5, 0.6) is 5.75 Å². The van der Waals surface area contributed by atoms with E-state index in [0.717, 1.165) is 19.6 Å². The van der Waals surface area contributed by atoms with E-state index in [4.69, 9.17) is 9.47 Å². The molecule has 4 rings (SSSR count). The summed E-state index contributed by atoms with van der Waals surface area (Å²) < 4.78 is 24.7. The second kappa shape index (κ2) is 10.1. The number of hydrogen-bond donors (Lipinski definition) is 1. The van der Waals surface area contributed by atoms with Gasteiger partial charge in [-0.25, -0.2) is 4.39 Å². The highest BCUT2D eigenvalue weighted by molar-refractivity contribution is 6.46. The van der Waals surface area contributed by atoms with E-state index in [9.17, 15) is 19.1 Å². The number of amides is 1. The molecule has 7 nitrogen and oxygen atoms in total. The van der Waals surface area contributed by atoms with E-state index in [1.165, 1.54) is 30.2 Å². The van der Waals surface area contributed by atoms with Gasteiger partial charge in [0.05, 0.1) is 31.9 Å². The first kappa shape index (κ1) is 22.9. The van der Waals surface area contributed by atoms with Crippen LogP contribution >= 0.6 is 0 Å². The minimum atomic E-state index is -0.878. The largest absolute Gasteiger partial charge is 0.507 e. The smallest absolute Gasteiger partial charge is 0.295 e. The average molecular weight is 454 g/mol. The summed E-state index contributed by atoms with van der Waals surface area (Å²) in [5.74, 6) is -1.77. The maximum absolute atomic E-state index is 14.1. The van der Waals surface area contributed by atoms with Gasteiger partial charge < -0.3 is 19.5 Å². The fraction of sp³-hybridized carbons (Fsp3) is 0.360. The van der Waals surface area contributed by atoms with Gasteiger partial charge in [-0.15, -0.1) is 0 Å². The molecular weight excluding hydrogens is 427 g/mol. The average Bonchev–Trinajstić information content (AvgIpc) is 3.09. The van der Waals surface area contributed by atoms with Crippen LogP contribution in [0, 0.1) is 5.82 Å². The molecule has 0 aromatic heterocycles. The van der Waals surface area contributed by atoms with Crippen LogP contribution in [-0.4, -0.2) is 73.1 Å². The second-order valence-electron chi connectivity index (χ2n) is 8.09. The van der Waals surface area contributed by atoms with E-state index in [1.807, 2.05) is 0 Å². The molecule has 2 saturated heterocycles. The van der Waals surface area contributed by atoms with Crippen LogP contribution in [0.2, 0.25) is 0 Å². The molecule has 1 atom stereocenters. The van der Waals surface area contributed by atoms with Crippen molar-refractivity contribution in [2.24, 2.45) is 0 Å². The highest BCUT2D eigenvalue weighted by Gasteiger charge is 2.46. The lowest BCUT2D eigenvalue weighted by Gasteiger charge is -2.29. The van der Waals surface area contributed by atoms with Crippen LogP contribution in [0.25, 0.3) is 5.76 Å². The molecule has 0 radical (unpaired) electrons. The van der Waals surface area contributed by atoms with Gasteiger partial charge in [-0.3, -0.25) is 14.5 Å². The van der Waals surface area contributed by atoms with Crippen molar-refractivity contribution in [1.82, 2.24) is 9.80 Å². The minimum absolute atomic E-state index is 0.0507. The maximum atomic E-state index is 14.1. The second-order valence-corrected chi connectivity index (χ2v) is 8.09. The molecule has 1 N–H and O–H groups in total. The summed E-state index contributed by atoms with van der Waals surface area (Å²) in [7, 11) is 1.50. The monoisotopic (exact) mass is 454 g/mol. The Balaban J connectivity index is 1.68. The van der Waals surface area contributed by atoms with Gasteiger partial charge in [0.1, 0.15) is 17.3 Å². The van der Waals surface area contributed by atoms with Crippen molar-refractivity contribution in [3.05, 3.63) is 71.0 Å². The van der Waals surface area contributed by atoms with E-state index >= 15 is 0 Å². The van der Waals surface area contributed by atoms with Gasteiger partial charge in [-0.05, 0) is 36.2 Å². The number of halogens is 1. The van der Waals surface area contributed by atoms with Crippen LogP contribution < -0.4 is 4.74 Å². The van der Waals surface area contributed by atoms with Crippen LogP contribution in [0.1, 0.15) is 23.6 Å². The van der Waals surface area contributed by atoms with E-state index in [0.29, 0.717) is 43.1 Å². The third kappa shape index (κ3) is 4.91. The lowest BCUT2D eigenvalue weighted by atomic mass is 9.95. The Morgan fingerprint density at radius 2 is 1.88 bits per heavy atom. The van der Waals surface area contributed by atoms with Crippen molar-refractivity contribution in [3.63, 3.8) is 0 Å². The summed E-state index contributed by atoms with van der Waals surface area (Å²) in [5.41, 5.74) is 0.734. The molecule has 1 amide bonds. The van der Waals surface area contributed by atoms with Crippen molar-refractivity contribution >= 4 is 17.4 Å². The molecule has 8 heteroatoms. The molecule has 2 fully saturated rings. The molecule has 2 aliphatic rings. The fourth-order valence-corrected chi connectivity index (χ4v) is 4.35. The Hall–Kier alpha value is -3.23. The predicted molar refractivity (Wildman–Crippen MR) is 120 cm³/mol. The lowest BCUT2D eigenvalue weighted by molar-refractivity contribution is -0.140. The number of carbonyl (C=O) groups is 2. The Morgan fingerprint density at radius 1 is 1.12 bits per heavy atom. The number of nitrogens with zero attached hydrogens (tertiary/aromatic N) is 2. The number of benzene rings is 2. The Bertz CT molecular complexity index is 1060. The summed E-state index contributed by atoms with van der Waals surface area (Å²) in [4.78, 5) is 29.7. The third-order valence-electron chi connectivity index (χ3n) is 6.02. The summed E-state index contributed by atoms with van der Waals surface area (Å²) >= 11 is 0. The molecule has 2 heterocycles. The number of rotatable bonds is 7. The zero-order valence-electron chi connectivity index (χ0n) is 18.5. The molecule has 0 aliphatic carbocycles. The van der Waals surface area contributed by atoms with Gasteiger partial charge in [-0.2, -0.15) is 0 Å². The van der Waals surface area contributed by atoms with Gasteiger partial charge in [0.2, 0.25) is 0 Å². The van der Waals surface area contributed by atoms with Crippen LogP contribution in [-0.2, 0) is 14.3 Å². The molecular formula is C25H27FN2O5. The molecule has 0 unspecified atom stereocenters. The molecule has 0 saturated carbocycles. The van der Waals surface area contributed by atoms with E-state index in [2.05, 4.69) is 4.90 Å². The summed E-state index contributed by atoms with van der Waals surface area (Å²) in [6.45, 7) is 4.04. The number of morpholine rings is 1. The van der Waals surface area contributed by atoms with E-state index in [1.54, 1.807) is 30.3 Å². The van der Waals surface area contributed by atoms with E-state index < -0.39 is 23.5 Å². The van der Waals surface area contributed by atoms with Crippen LogP contribution in [0.4, 0.5) is 4.39 Å². The SMILES string of the molecule is COc1cccc(C(O)=C2C(=O)C(=O)N(CCCN3CCOCC3)[C@@H]2c2cccc(F)c2)c1. The first-order valence-electron chi connectivity index (χ1n) is 11.0. The maximum Gasteiger partial charge on any atom is 0.295 e. The first-order chi connectivity index (χ1) is 16.0. The Kier molecular flexibility index (Phi) is 7.05. The van der Waals surface area contributed by atoms with Crippen LogP contribution in [0.15, 0.2) is 54.1 Å². The quantitative estimate of drug-likeness (QED) is 0.394. The molecule has 0 spiro atoms. The first-order valence-corrected chi connectivity index (χ1v) is 11.0. The standard InChI is InChI=1S/C25H27FN2O5/c1-32-20-8-3-6-18(16-20)23(29)21-22(17-5-2-7-19(26)15-17)28(25(31)24(21)30)10-4-9-27-11-13-33-14-12-27/h2-3,5-8,15-16,22,29H,4,9-14H2,1H3/t22-/m1/s1. The lowest BCUT2D eigenvalue weighted by Crippen LogP contribution is -2.39. The van der Waals surface area contributed by atoms with Gasteiger partial charge in [-0.1, -0.05) is 24.3 Å². The Morgan fingerprint density at radius 3 is 2.61 bits per heavy atom. The van der Waals surface area contributed by atoms with Crippen molar-refractivity contribution < 1.29 is 28.6 Å². The molecule has 2 aromatic rings. The van der Waals surface area contributed by atoms with Gasteiger partial charge in [0, 0.05) is 31.7 Å². The number of methoxy groups -OCH3 is 1. The van der Waals surface area contributed by atoms with Crippen LogP contribution in [0.3, 0.4) is 0 Å². The zero-order chi connectivity index (χ0) is 23.4. The normalized spacial score (nSPS) is 20.9. The topological polar surface area (TPSA) is 79.3 Å². The highest BCUT2D eigenvalue weighted by Crippen LogP contribution is 2.40. The number of aliphatic hydroxyl groups is 1. The number of ketones is 1. The minimum Gasteiger partial charge on any atom is -0.507 e. The van der Waals surface area contributed by atoms with Gasteiger partial charge >= 0.3 is 0 Å². The predicted octanol–water partition coefficient (Wildman–Crippen LogP) is 2.98. The van der Waals surface area contributed by atoms with Crippen molar-refractivity contribution in [2.45, 2.75) is 12.5 Å². The van der Waals surface area contributed by atoms with Crippen molar-refractivity contribution in [1.29, 1.82) is 0 Å². The number of carbonyl (C=O) groups excluding carboxylic acids is 2. The molecule has 0 bridgehead atoms. The zero-order valence-corrected chi connectivity index (χ0v) is 18.5. The summed E-state index contributed by atoms with van der Waals surface area (Å²) in [6.07, 6.45) is 0.637. The number of likely N-dealkylation sites (tertiary alicyclic amines) is 1. The summed E-state index contributed by atoms with van der Waals surface area (Å²) in [5, 5.41) is 11.1. The number of aliphatic hydroxyl groups excluding tert-OH is 1. The number of Topliss-reactive ketones (excluding diaryl/α,β-unsaturated/α-hetero) is 1. The number of ether oxygens (including phenoxy) is 2. The molecule has 174 valence electrons. The fourth-order valence-electron chi connectivity index (χ4n) is 4.35. The molecule has 33 heavy (non-hydrogen) atoms. The van der Waals surface area contributed by atoms with Gasteiger partial charge in [0.15, 0.2) is 0 Å². The summed E-state index contributed by atoms with van der Waals surface area (Å²) in [6, 6.07) is 11.5. The Labute approximate surface area is 192 Å². The molecule has 2 aliphatic heterocycles. The van der Waals surface area contributed by atoms with Gasteiger partial charge in [0.25, 0.3) is 11.7 Å². The van der Waals surface area contributed by atoms with Crippen molar-refractivity contribution in [3.8, 4) is 5.75 Å². The van der Waals surface area contributed by atoms with Crippen molar-refractivity contribution in [2.75, 3.05) is 46.5 Å². The molecule has 2 aromatic carbocycles. The highest BCUT2D eigenvalue weighted by atomic mass is 19.1. The number of hydrogen-bond acceptors (Lipinski definition) is 6. The third-order valence-corrected chi connectivity index (χ3v) is 6.02.